The van der Waals surface area contributed by atoms with E-state index in [-0.39, 0.29) is 5.69 Å². The highest BCUT2D eigenvalue weighted by Crippen LogP contribution is 2.48. The summed E-state index contributed by atoms with van der Waals surface area (Å²) in [5.41, 5.74) is 0.0489. The molecule has 14 heavy (non-hydrogen) atoms. The Labute approximate surface area is 83.1 Å². The fraction of sp³-hybridized carbons (Fsp3) is 0.727. The maximum absolute atomic E-state index is 11.3. The molecule has 1 heterocycles. The second-order valence-electron chi connectivity index (χ2n) is 4.85. The molecular weight excluding hydrogens is 176 g/mol. The fourth-order valence-corrected chi connectivity index (χ4v) is 3.35. The third kappa shape index (κ3) is 1.22. The number of aromatic amines is 1. The van der Waals surface area contributed by atoms with Crippen molar-refractivity contribution in [2.75, 3.05) is 0 Å². The van der Waals surface area contributed by atoms with E-state index in [0.29, 0.717) is 0 Å². The third-order valence-corrected chi connectivity index (χ3v) is 4.04. The van der Waals surface area contributed by atoms with E-state index < -0.39 is 0 Å². The first kappa shape index (κ1) is 8.33. The monoisotopic (exact) mass is 192 g/mol. The molecule has 1 aromatic rings. The Hall–Kier alpha value is -0.990. The van der Waals surface area contributed by atoms with E-state index in [1.165, 1.54) is 25.7 Å². The number of imidazole rings is 1. The van der Waals surface area contributed by atoms with Gasteiger partial charge in [0.15, 0.2) is 0 Å². The van der Waals surface area contributed by atoms with Crippen LogP contribution in [0.5, 0.6) is 0 Å². The van der Waals surface area contributed by atoms with Crippen LogP contribution in [0.25, 0.3) is 0 Å². The number of nitrogens with one attached hydrogen (secondary N) is 1. The van der Waals surface area contributed by atoms with Gasteiger partial charge in [-0.25, -0.2) is 4.79 Å². The first-order valence-corrected chi connectivity index (χ1v) is 5.57. The van der Waals surface area contributed by atoms with Crippen LogP contribution in [0, 0.1) is 17.8 Å². The summed E-state index contributed by atoms with van der Waals surface area (Å²) in [7, 11) is 0. The largest absolute Gasteiger partial charge is 0.325 e. The topological polar surface area (TPSA) is 37.8 Å². The molecule has 0 radical (unpaired) electrons. The maximum Gasteiger partial charge on any atom is 0.325 e. The quantitative estimate of drug-likeness (QED) is 0.759. The van der Waals surface area contributed by atoms with Gasteiger partial charge in [0.2, 0.25) is 0 Å². The van der Waals surface area contributed by atoms with Crippen LogP contribution in [0.4, 0.5) is 0 Å². The summed E-state index contributed by atoms with van der Waals surface area (Å²) in [6, 6.07) is 0. The van der Waals surface area contributed by atoms with Crippen LogP contribution in [0.15, 0.2) is 17.2 Å². The summed E-state index contributed by atoms with van der Waals surface area (Å²) < 4.78 is 1.82. The Balaban J connectivity index is 1.74. The maximum atomic E-state index is 11.3. The van der Waals surface area contributed by atoms with Crippen LogP contribution < -0.4 is 5.69 Å². The summed E-state index contributed by atoms with van der Waals surface area (Å²) >= 11 is 0. The standard InChI is InChI=1S/C11H16N2O/c14-11-12-3-4-13(11)7-10-6-8-1-2-9(10)5-8/h3-4,8-10H,1-2,5-7H2,(H,12,14). The van der Waals surface area contributed by atoms with Gasteiger partial charge in [-0.1, -0.05) is 6.42 Å². The molecule has 0 saturated heterocycles. The second kappa shape index (κ2) is 3.01. The molecule has 1 aromatic heterocycles. The van der Waals surface area contributed by atoms with E-state index in [9.17, 15) is 4.79 Å². The zero-order chi connectivity index (χ0) is 9.54. The molecule has 3 atom stereocenters. The van der Waals surface area contributed by atoms with Crippen molar-refractivity contribution < 1.29 is 0 Å². The second-order valence-corrected chi connectivity index (χ2v) is 4.85. The lowest BCUT2D eigenvalue weighted by Gasteiger charge is -2.21. The van der Waals surface area contributed by atoms with Crippen molar-refractivity contribution in [3.63, 3.8) is 0 Å². The molecule has 3 heteroatoms. The van der Waals surface area contributed by atoms with Gasteiger partial charge in [0.25, 0.3) is 0 Å². The van der Waals surface area contributed by atoms with Gasteiger partial charge in [-0.15, -0.1) is 0 Å². The number of hydrogen-bond acceptors (Lipinski definition) is 1. The van der Waals surface area contributed by atoms with Crippen LogP contribution in [0.1, 0.15) is 25.7 Å². The average molecular weight is 192 g/mol. The van der Waals surface area contributed by atoms with Gasteiger partial charge in [0, 0.05) is 18.9 Å². The molecule has 3 nitrogen and oxygen atoms in total. The van der Waals surface area contributed by atoms with Gasteiger partial charge in [0.1, 0.15) is 0 Å². The van der Waals surface area contributed by atoms with Gasteiger partial charge >= 0.3 is 5.69 Å². The van der Waals surface area contributed by atoms with Gasteiger partial charge < -0.3 is 4.98 Å². The van der Waals surface area contributed by atoms with E-state index in [4.69, 9.17) is 0 Å². The van der Waals surface area contributed by atoms with Gasteiger partial charge in [-0.05, 0) is 37.0 Å². The van der Waals surface area contributed by atoms with Gasteiger partial charge in [0.05, 0.1) is 0 Å². The van der Waals surface area contributed by atoms with E-state index >= 15 is 0 Å². The zero-order valence-electron chi connectivity index (χ0n) is 8.28. The first-order valence-electron chi connectivity index (χ1n) is 5.57. The summed E-state index contributed by atoms with van der Waals surface area (Å²) in [5, 5.41) is 0. The number of rotatable bonds is 2. The van der Waals surface area contributed by atoms with E-state index in [1.807, 2.05) is 10.8 Å². The molecule has 2 fully saturated rings. The molecule has 0 amide bonds. The molecule has 2 aliphatic carbocycles. The summed E-state index contributed by atoms with van der Waals surface area (Å²) in [6.07, 6.45) is 9.20. The highest BCUT2D eigenvalue weighted by Gasteiger charge is 2.39. The first-order chi connectivity index (χ1) is 6.83. The SMILES string of the molecule is O=c1[nH]ccn1CC1CC2CCC1C2. The summed E-state index contributed by atoms with van der Waals surface area (Å²) in [4.78, 5) is 14.0. The zero-order valence-corrected chi connectivity index (χ0v) is 8.28. The molecule has 0 aromatic carbocycles. The molecule has 0 spiro atoms. The van der Waals surface area contributed by atoms with Crippen molar-refractivity contribution in [1.29, 1.82) is 0 Å². The smallest absolute Gasteiger partial charge is 0.313 e. The number of hydrogen-bond donors (Lipinski definition) is 1. The number of fused-ring (bicyclic) bond motifs is 2. The lowest BCUT2D eigenvalue weighted by Crippen LogP contribution is -2.24. The Kier molecular flexibility index (Phi) is 1.79. The predicted octanol–water partition coefficient (Wildman–Crippen LogP) is 1.61. The van der Waals surface area contributed by atoms with E-state index in [1.54, 1.807) is 6.20 Å². The van der Waals surface area contributed by atoms with Gasteiger partial charge in [-0.3, -0.25) is 4.57 Å². The van der Waals surface area contributed by atoms with Crippen LogP contribution in [0.3, 0.4) is 0 Å². The lowest BCUT2D eigenvalue weighted by atomic mass is 9.89. The van der Waals surface area contributed by atoms with Crippen molar-refractivity contribution in [3.05, 3.63) is 22.9 Å². The van der Waals surface area contributed by atoms with E-state index in [0.717, 1.165) is 24.3 Å². The Bertz CT molecular complexity index is 379. The van der Waals surface area contributed by atoms with Crippen molar-refractivity contribution in [3.8, 4) is 0 Å². The summed E-state index contributed by atoms with van der Waals surface area (Å²) in [5.74, 6) is 2.64. The predicted molar refractivity (Wildman–Crippen MR) is 54.0 cm³/mol. The van der Waals surface area contributed by atoms with Crippen molar-refractivity contribution in [1.82, 2.24) is 9.55 Å². The molecule has 2 bridgehead atoms. The Morgan fingerprint density at radius 2 is 2.36 bits per heavy atom. The molecule has 76 valence electrons. The van der Waals surface area contributed by atoms with Crippen LogP contribution >= 0.6 is 0 Å². The Morgan fingerprint density at radius 3 is 2.93 bits per heavy atom. The third-order valence-electron chi connectivity index (χ3n) is 4.04. The Morgan fingerprint density at radius 1 is 1.43 bits per heavy atom. The molecule has 2 aliphatic rings. The fourth-order valence-electron chi connectivity index (χ4n) is 3.35. The van der Waals surface area contributed by atoms with Crippen LogP contribution in [0.2, 0.25) is 0 Å². The highest BCUT2D eigenvalue weighted by atomic mass is 16.1. The minimum atomic E-state index is 0.0489. The van der Waals surface area contributed by atoms with Crippen molar-refractivity contribution >= 4 is 0 Å². The number of H-pyrrole nitrogens is 1. The minimum Gasteiger partial charge on any atom is -0.313 e. The van der Waals surface area contributed by atoms with E-state index in [2.05, 4.69) is 4.98 Å². The molecule has 0 aliphatic heterocycles. The van der Waals surface area contributed by atoms with Gasteiger partial charge in [-0.2, -0.15) is 0 Å². The molecule has 3 unspecified atom stereocenters. The normalized spacial score (nSPS) is 35.3. The minimum absolute atomic E-state index is 0.0489. The average Bonchev–Trinajstić information content (AvgIpc) is 2.83. The molecular formula is C11H16N2O. The number of nitrogens with zero attached hydrogens (tertiary/aromatic N) is 1. The lowest BCUT2D eigenvalue weighted by molar-refractivity contribution is 0.293. The highest BCUT2D eigenvalue weighted by molar-refractivity contribution is 4.91. The molecule has 2 saturated carbocycles. The molecule has 1 N–H and O–H groups in total. The van der Waals surface area contributed by atoms with Crippen molar-refractivity contribution in [2.24, 2.45) is 17.8 Å². The number of aromatic nitrogens is 2. The van der Waals surface area contributed by atoms with Crippen LogP contribution in [-0.4, -0.2) is 9.55 Å². The van der Waals surface area contributed by atoms with Crippen molar-refractivity contribution in [2.45, 2.75) is 32.2 Å². The molecule has 3 rings (SSSR count). The van der Waals surface area contributed by atoms with Crippen LogP contribution in [-0.2, 0) is 6.54 Å². The summed E-state index contributed by atoms with van der Waals surface area (Å²) in [6.45, 7) is 0.934.